The molecule has 0 bridgehead atoms. The van der Waals surface area contributed by atoms with Crippen molar-refractivity contribution in [2.24, 2.45) is 5.41 Å². The van der Waals surface area contributed by atoms with Gasteiger partial charge in [0.2, 0.25) is 5.91 Å². The van der Waals surface area contributed by atoms with Crippen LogP contribution in [0.25, 0.3) is 0 Å². The maximum absolute atomic E-state index is 11.7. The average molecular weight is 253 g/mol. The molecule has 4 nitrogen and oxygen atoms in total. The number of aromatic nitrogens is 2. The smallest absolute Gasteiger partial charge is 0.220 e. The van der Waals surface area contributed by atoms with Crippen molar-refractivity contribution in [3.8, 4) is 0 Å². The topological polar surface area (TPSA) is 46.9 Å². The maximum Gasteiger partial charge on any atom is 0.220 e. The summed E-state index contributed by atoms with van der Waals surface area (Å²) in [6.45, 7) is 1.58. The van der Waals surface area contributed by atoms with Crippen molar-refractivity contribution in [3.05, 3.63) is 18.5 Å². The van der Waals surface area contributed by atoms with Crippen LogP contribution >= 0.6 is 12.6 Å². The molecule has 2 rings (SSSR count). The molecule has 94 valence electrons. The molecule has 1 aromatic rings. The predicted octanol–water partition coefficient (Wildman–Crippen LogP) is 1.49. The molecule has 1 fully saturated rings. The molecule has 0 unspecified atom stereocenters. The Kier molecular flexibility index (Phi) is 4.10. The average Bonchev–Trinajstić information content (AvgIpc) is 2.90. The zero-order valence-corrected chi connectivity index (χ0v) is 10.8. The second-order valence-electron chi connectivity index (χ2n) is 4.81. The van der Waals surface area contributed by atoms with E-state index in [-0.39, 0.29) is 11.3 Å². The summed E-state index contributed by atoms with van der Waals surface area (Å²) >= 11 is 4.30. The van der Waals surface area contributed by atoms with Gasteiger partial charge in [-0.15, -0.1) is 0 Å². The van der Waals surface area contributed by atoms with Crippen LogP contribution in [0.2, 0.25) is 0 Å². The number of nitrogens with zero attached hydrogens (tertiary/aromatic N) is 2. The van der Waals surface area contributed by atoms with Crippen molar-refractivity contribution in [3.63, 3.8) is 0 Å². The van der Waals surface area contributed by atoms with Crippen LogP contribution in [0.1, 0.15) is 25.7 Å². The minimum absolute atomic E-state index is 0.164. The number of carbonyl (C=O) groups excluding carboxylic acids is 1. The second kappa shape index (κ2) is 5.58. The first kappa shape index (κ1) is 12.5. The third kappa shape index (κ3) is 3.77. The summed E-state index contributed by atoms with van der Waals surface area (Å²) in [7, 11) is 0. The van der Waals surface area contributed by atoms with E-state index in [9.17, 15) is 4.79 Å². The van der Waals surface area contributed by atoms with E-state index in [1.165, 1.54) is 0 Å². The third-order valence-corrected chi connectivity index (χ3v) is 3.94. The normalized spacial score (nSPS) is 16.8. The van der Waals surface area contributed by atoms with Crippen LogP contribution in [-0.4, -0.2) is 28.0 Å². The van der Waals surface area contributed by atoms with E-state index >= 15 is 0 Å². The van der Waals surface area contributed by atoms with E-state index in [0.717, 1.165) is 38.1 Å². The summed E-state index contributed by atoms with van der Waals surface area (Å²) in [6, 6.07) is 1.90. The van der Waals surface area contributed by atoms with Crippen LogP contribution < -0.4 is 5.32 Å². The summed E-state index contributed by atoms with van der Waals surface area (Å²) in [5, 5.41) is 7.07. The van der Waals surface area contributed by atoms with Crippen LogP contribution in [0.4, 0.5) is 0 Å². The number of aryl methyl sites for hydroxylation is 1. The summed E-state index contributed by atoms with van der Waals surface area (Å²) < 4.78 is 1.88. The van der Waals surface area contributed by atoms with E-state index in [2.05, 4.69) is 23.0 Å². The van der Waals surface area contributed by atoms with Gasteiger partial charge in [-0.25, -0.2) is 0 Å². The standard InChI is InChI=1S/C12H19N3OS/c16-11(9-12(10-17)3-4-12)13-5-1-7-15-8-2-6-14-15/h2,6,8,17H,1,3-5,7,9-10H2,(H,13,16). The number of rotatable bonds is 7. The molecule has 17 heavy (non-hydrogen) atoms. The first-order chi connectivity index (χ1) is 8.24. The Hall–Kier alpha value is -0.970. The molecule has 0 atom stereocenters. The highest BCUT2D eigenvalue weighted by Gasteiger charge is 2.42. The summed E-state index contributed by atoms with van der Waals surface area (Å²) in [5.74, 6) is 0.991. The second-order valence-corrected chi connectivity index (χ2v) is 5.12. The predicted molar refractivity (Wildman–Crippen MR) is 70.0 cm³/mol. The summed E-state index contributed by atoms with van der Waals surface area (Å²) in [6.07, 6.45) is 7.55. The van der Waals surface area contributed by atoms with Gasteiger partial charge in [-0.05, 0) is 36.5 Å². The number of nitrogens with one attached hydrogen (secondary N) is 1. The van der Waals surface area contributed by atoms with Crippen LogP contribution in [0.5, 0.6) is 0 Å². The molecule has 0 radical (unpaired) electrons. The highest BCUT2D eigenvalue weighted by atomic mass is 32.1. The molecule has 1 amide bonds. The highest BCUT2D eigenvalue weighted by molar-refractivity contribution is 7.80. The van der Waals surface area contributed by atoms with Gasteiger partial charge in [0.05, 0.1) is 0 Å². The number of amides is 1. The summed E-state index contributed by atoms with van der Waals surface area (Å²) in [5.41, 5.74) is 0.217. The van der Waals surface area contributed by atoms with Crippen LogP contribution in [-0.2, 0) is 11.3 Å². The molecule has 5 heteroatoms. The number of hydrogen-bond acceptors (Lipinski definition) is 3. The SMILES string of the molecule is O=C(CC1(CS)CC1)NCCCn1cccn1. The zero-order valence-electron chi connectivity index (χ0n) is 9.93. The zero-order chi connectivity index (χ0) is 12.1. The first-order valence-electron chi connectivity index (χ1n) is 6.09. The first-order valence-corrected chi connectivity index (χ1v) is 6.72. The van der Waals surface area contributed by atoms with Gasteiger partial charge in [0, 0.05) is 31.9 Å². The Labute approximate surface area is 107 Å². The van der Waals surface area contributed by atoms with E-state index in [0.29, 0.717) is 6.42 Å². The van der Waals surface area contributed by atoms with E-state index in [1.54, 1.807) is 6.20 Å². The van der Waals surface area contributed by atoms with Gasteiger partial charge in [-0.1, -0.05) is 0 Å². The lowest BCUT2D eigenvalue weighted by Gasteiger charge is -2.11. The molecule has 0 saturated heterocycles. The lowest BCUT2D eigenvalue weighted by Crippen LogP contribution is -2.28. The van der Waals surface area contributed by atoms with Gasteiger partial charge in [0.25, 0.3) is 0 Å². The fourth-order valence-electron chi connectivity index (χ4n) is 1.87. The summed E-state index contributed by atoms with van der Waals surface area (Å²) in [4.78, 5) is 11.7. The van der Waals surface area contributed by atoms with Crippen molar-refractivity contribution in [2.75, 3.05) is 12.3 Å². The van der Waals surface area contributed by atoms with Crippen molar-refractivity contribution in [1.29, 1.82) is 0 Å². The molecular formula is C12H19N3OS. The lowest BCUT2D eigenvalue weighted by molar-refractivity contribution is -0.122. The van der Waals surface area contributed by atoms with Gasteiger partial charge in [0.1, 0.15) is 0 Å². The number of thiol groups is 1. The van der Waals surface area contributed by atoms with Gasteiger partial charge in [-0.3, -0.25) is 9.48 Å². The molecule has 0 aliphatic heterocycles. The fraction of sp³-hybridized carbons (Fsp3) is 0.667. The van der Waals surface area contributed by atoms with E-state index in [4.69, 9.17) is 0 Å². The van der Waals surface area contributed by atoms with Gasteiger partial charge >= 0.3 is 0 Å². The highest BCUT2D eigenvalue weighted by Crippen LogP contribution is 2.49. The van der Waals surface area contributed by atoms with E-state index in [1.807, 2.05) is 16.9 Å². The minimum Gasteiger partial charge on any atom is -0.356 e. The van der Waals surface area contributed by atoms with Crippen LogP contribution in [0.15, 0.2) is 18.5 Å². The van der Waals surface area contributed by atoms with Crippen molar-refractivity contribution < 1.29 is 4.79 Å². The molecule has 0 aromatic carbocycles. The van der Waals surface area contributed by atoms with Crippen LogP contribution in [0, 0.1) is 5.41 Å². The largest absolute Gasteiger partial charge is 0.356 e. The Morgan fingerprint density at radius 1 is 1.53 bits per heavy atom. The number of hydrogen-bond donors (Lipinski definition) is 2. The minimum atomic E-state index is 0.164. The fourth-order valence-corrected chi connectivity index (χ4v) is 2.30. The molecule has 1 heterocycles. The number of carbonyl (C=O) groups is 1. The van der Waals surface area contributed by atoms with Gasteiger partial charge < -0.3 is 5.32 Å². The van der Waals surface area contributed by atoms with Gasteiger partial charge in [-0.2, -0.15) is 17.7 Å². The molecule has 1 aromatic heterocycles. The molecule has 1 aliphatic rings. The molecule has 1 saturated carbocycles. The Bertz CT molecular complexity index is 360. The Morgan fingerprint density at radius 3 is 2.94 bits per heavy atom. The van der Waals surface area contributed by atoms with Crippen molar-refractivity contribution in [1.82, 2.24) is 15.1 Å². The van der Waals surface area contributed by atoms with Crippen molar-refractivity contribution in [2.45, 2.75) is 32.2 Å². The molecule has 0 spiro atoms. The Morgan fingerprint density at radius 2 is 2.35 bits per heavy atom. The third-order valence-electron chi connectivity index (χ3n) is 3.27. The lowest BCUT2D eigenvalue weighted by atomic mass is 10.1. The van der Waals surface area contributed by atoms with Crippen molar-refractivity contribution >= 4 is 18.5 Å². The van der Waals surface area contributed by atoms with Gasteiger partial charge in [0.15, 0.2) is 0 Å². The van der Waals surface area contributed by atoms with E-state index < -0.39 is 0 Å². The monoisotopic (exact) mass is 253 g/mol. The quantitative estimate of drug-likeness (QED) is 0.571. The molecule has 1 aliphatic carbocycles. The maximum atomic E-state index is 11.7. The molecular weight excluding hydrogens is 234 g/mol. The van der Waals surface area contributed by atoms with Crippen LogP contribution in [0.3, 0.4) is 0 Å². The Balaban J connectivity index is 1.57. The molecule has 1 N–H and O–H groups in total.